The quantitative estimate of drug-likeness (QED) is 0.804. The van der Waals surface area contributed by atoms with Gasteiger partial charge in [-0.25, -0.2) is 9.97 Å². The van der Waals surface area contributed by atoms with Gasteiger partial charge in [-0.15, -0.1) is 5.10 Å². The van der Waals surface area contributed by atoms with Crippen molar-refractivity contribution in [1.82, 2.24) is 24.7 Å². The highest BCUT2D eigenvalue weighted by molar-refractivity contribution is 9.10. The average Bonchev–Trinajstić information content (AvgIpc) is 2.78. The zero-order chi connectivity index (χ0) is 11.5. The lowest BCUT2D eigenvalue weighted by molar-refractivity contribution is 0.392. The molecule has 0 aliphatic heterocycles. The normalized spacial score (nSPS) is 9.81. The van der Waals surface area contributed by atoms with Crippen LogP contribution in [0.4, 0.5) is 0 Å². The van der Waals surface area contributed by atoms with Crippen LogP contribution in [0.3, 0.4) is 0 Å². The van der Waals surface area contributed by atoms with Gasteiger partial charge in [-0.1, -0.05) is 0 Å². The molecular formula is C8H5BrN6O. The summed E-state index contributed by atoms with van der Waals surface area (Å²) in [5.74, 6) is 0.735. The number of rotatable bonds is 2. The Morgan fingerprint density at radius 3 is 2.94 bits per heavy atom. The van der Waals surface area contributed by atoms with E-state index in [9.17, 15) is 0 Å². The number of halogens is 1. The van der Waals surface area contributed by atoms with Crippen molar-refractivity contribution >= 4 is 15.9 Å². The van der Waals surface area contributed by atoms with Gasteiger partial charge >= 0.3 is 0 Å². The topological polar surface area (TPSA) is 89.5 Å². The first-order valence-electron chi connectivity index (χ1n) is 4.13. The maximum absolute atomic E-state index is 8.58. The molecule has 0 radical (unpaired) electrons. The molecule has 2 rings (SSSR count). The Labute approximate surface area is 98.9 Å². The van der Waals surface area contributed by atoms with Crippen LogP contribution < -0.4 is 4.74 Å². The summed E-state index contributed by atoms with van der Waals surface area (Å²) < 4.78 is 6.95. The summed E-state index contributed by atoms with van der Waals surface area (Å²) >= 11 is 3.23. The molecule has 0 aliphatic carbocycles. The van der Waals surface area contributed by atoms with Crippen molar-refractivity contribution in [1.29, 1.82) is 5.26 Å². The molecule has 0 fully saturated rings. The highest BCUT2D eigenvalue weighted by Crippen LogP contribution is 2.21. The van der Waals surface area contributed by atoms with Crippen LogP contribution in [0.15, 0.2) is 17.0 Å². The van der Waals surface area contributed by atoms with Crippen molar-refractivity contribution in [2.24, 2.45) is 0 Å². The van der Waals surface area contributed by atoms with E-state index in [1.165, 1.54) is 24.3 Å². The predicted octanol–water partition coefficient (Wildman–Crippen LogP) is 0.700. The van der Waals surface area contributed by atoms with Gasteiger partial charge in [-0.05, 0) is 15.9 Å². The minimum Gasteiger partial charge on any atom is -0.480 e. The summed E-state index contributed by atoms with van der Waals surface area (Å²) in [6.07, 6.45) is 2.90. The van der Waals surface area contributed by atoms with Gasteiger partial charge in [0.05, 0.1) is 17.8 Å². The molecule has 16 heavy (non-hydrogen) atoms. The zero-order valence-electron chi connectivity index (χ0n) is 8.12. The molecule has 0 bridgehead atoms. The summed E-state index contributed by atoms with van der Waals surface area (Å²) in [6, 6.07) is 1.82. The summed E-state index contributed by atoms with van der Waals surface area (Å²) in [5, 5.41) is 12.4. The molecule has 0 aliphatic rings. The third kappa shape index (κ3) is 1.85. The molecule has 7 nitrogen and oxygen atoms in total. The molecule has 0 amide bonds. The van der Waals surface area contributed by atoms with E-state index in [1.807, 2.05) is 6.07 Å². The predicted molar refractivity (Wildman–Crippen MR) is 55.9 cm³/mol. The average molecular weight is 281 g/mol. The fourth-order valence-electron chi connectivity index (χ4n) is 1.01. The Kier molecular flexibility index (Phi) is 2.78. The fourth-order valence-corrected chi connectivity index (χ4v) is 1.36. The van der Waals surface area contributed by atoms with Gasteiger partial charge in [0.1, 0.15) is 12.4 Å². The molecule has 0 aromatic carbocycles. The van der Waals surface area contributed by atoms with Crippen molar-refractivity contribution < 1.29 is 4.74 Å². The summed E-state index contributed by atoms with van der Waals surface area (Å²) in [7, 11) is 1.50. The largest absolute Gasteiger partial charge is 0.480 e. The van der Waals surface area contributed by atoms with Crippen LogP contribution in [0.2, 0.25) is 0 Å². The van der Waals surface area contributed by atoms with Crippen molar-refractivity contribution in [3.8, 4) is 17.9 Å². The molecule has 2 heterocycles. The zero-order valence-corrected chi connectivity index (χ0v) is 9.71. The third-order valence-corrected chi connectivity index (χ3v) is 2.23. The minimum absolute atomic E-state index is 0.0606. The minimum atomic E-state index is 0.0606. The molecule has 0 saturated heterocycles. The van der Waals surface area contributed by atoms with Crippen molar-refractivity contribution in [3.05, 3.63) is 22.8 Å². The van der Waals surface area contributed by atoms with Gasteiger partial charge in [0.25, 0.3) is 11.8 Å². The molecule has 2 aromatic rings. The second-order valence-corrected chi connectivity index (χ2v) is 3.51. The first-order chi connectivity index (χ1) is 7.74. The van der Waals surface area contributed by atoms with Gasteiger partial charge in [-0.3, -0.25) is 0 Å². The summed E-state index contributed by atoms with van der Waals surface area (Å²) in [4.78, 5) is 11.8. The lowest BCUT2D eigenvalue weighted by Gasteiger charge is -2.03. The number of nitriles is 1. The highest BCUT2D eigenvalue weighted by Gasteiger charge is 2.08. The molecule has 0 spiro atoms. The second-order valence-electron chi connectivity index (χ2n) is 2.65. The van der Waals surface area contributed by atoms with Gasteiger partial charge in [0.2, 0.25) is 5.88 Å². The fraction of sp³-hybridized carbons (Fsp3) is 0.125. The lowest BCUT2D eigenvalue weighted by atomic mass is 10.6. The van der Waals surface area contributed by atoms with Crippen molar-refractivity contribution in [2.45, 2.75) is 0 Å². The molecule has 0 N–H and O–H groups in total. The number of ether oxygens (including phenoxy) is 1. The maximum Gasteiger partial charge on any atom is 0.255 e. The van der Waals surface area contributed by atoms with E-state index in [0.717, 1.165) is 0 Å². The Morgan fingerprint density at radius 1 is 1.50 bits per heavy atom. The van der Waals surface area contributed by atoms with Gasteiger partial charge in [-0.2, -0.15) is 14.9 Å². The van der Waals surface area contributed by atoms with E-state index in [-0.39, 0.29) is 11.8 Å². The van der Waals surface area contributed by atoms with Crippen LogP contribution in [0.1, 0.15) is 5.82 Å². The Balaban J connectivity index is 2.45. The SMILES string of the molecule is COc1nc(-n2cnc(C#N)n2)ncc1Br. The summed E-state index contributed by atoms with van der Waals surface area (Å²) in [5.41, 5.74) is 0. The molecule has 0 unspecified atom stereocenters. The number of hydrogen-bond donors (Lipinski definition) is 0. The van der Waals surface area contributed by atoms with Crippen LogP contribution in [-0.4, -0.2) is 31.8 Å². The van der Waals surface area contributed by atoms with E-state index >= 15 is 0 Å². The van der Waals surface area contributed by atoms with Crippen molar-refractivity contribution in [2.75, 3.05) is 7.11 Å². The van der Waals surface area contributed by atoms with E-state index < -0.39 is 0 Å². The van der Waals surface area contributed by atoms with E-state index in [2.05, 4.69) is 36.0 Å². The van der Waals surface area contributed by atoms with Crippen LogP contribution >= 0.6 is 15.9 Å². The van der Waals surface area contributed by atoms with Crippen LogP contribution in [0.5, 0.6) is 5.88 Å². The molecule has 8 heteroatoms. The number of hydrogen-bond acceptors (Lipinski definition) is 6. The first kappa shape index (κ1) is 10.5. The molecular weight excluding hydrogens is 276 g/mol. The van der Waals surface area contributed by atoms with Gasteiger partial charge in [0.15, 0.2) is 0 Å². The van der Waals surface area contributed by atoms with E-state index in [1.54, 1.807) is 0 Å². The lowest BCUT2D eigenvalue weighted by Crippen LogP contribution is -2.03. The highest BCUT2D eigenvalue weighted by atomic mass is 79.9. The molecule has 0 atom stereocenters. The number of methoxy groups -OCH3 is 1. The molecule has 0 saturated carbocycles. The van der Waals surface area contributed by atoms with Gasteiger partial charge < -0.3 is 4.74 Å². The third-order valence-electron chi connectivity index (χ3n) is 1.69. The number of nitrogens with zero attached hydrogens (tertiary/aromatic N) is 6. The number of aromatic nitrogens is 5. The Bertz CT molecular complexity index is 560. The van der Waals surface area contributed by atoms with Crippen LogP contribution in [0.25, 0.3) is 5.95 Å². The Morgan fingerprint density at radius 2 is 2.31 bits per heavy atom. The van der Waals surface area contributed by atoms with Crippen LogP contribution in [0, 0.1) is 11.3 Å². The molecule has 80 valence electrons. The van der Waals surface area contributed by atoms with Gasteiger partial charge in [0, 0.05) is 0 Å². The summed E-state index contributed by atoms with van der Waals surface area (Å²) in [6.45, 7) is 0. The standard InChI is InChI=1S/C8H5BrN6O/c1-16-7-5(9)3-11-8(13-7)15-4-12-6(2-10)14-15/h3-4H,1H3. The van der Waals surface area contributed by atoms with Crippen LogP contribution in [-0.2, 0) is 0 Å². The smallest absolute Gasteiger partial charge is 0.255 e. The first-order valence-corrected chi connectivity index (χ1v) is 4.92. The molecule has 2 aromatic heterocycles. The maximum atomic E-state index is 8.58. The van der Waals surface area contributed by atoms with Crippen molar-refractivity contribution in [3.63, 3.8) is 0 Å². The Hall–Kier alpha value is -2.01. The van der Waals surface area contributed by atoms with E-state index in [4.69, 9.17) is 10.00 Å². The second kappa shape index (κ2) is 4.24. The monoisotopic (exact) mass is 280 g/mol. The van der Waals surface area contributed by atoms with E-state index in [0.29, 0.717) is 10.4 Å².